The van der Waals surface area contributed by atoms with E-state index < -0.39 is 24.7 Å². The van der Waals surface area contributed by atoms with E-state index in [-0.39, 0.29) is 16.9 Å². The van der Waals surface area contributed by atoms with Gasteiger partial charge >= 0.3 is 12.4 Å². The van der Waals surface area contributed by atoms with Crippen LogP contribution in [0, 0.1) is 5.92 Å². The zero-order chi connectivity index (χ0) is 17.8. The van der Waals surface area contributed by atoms with Crippen LogP contribution in [0.5, 0.6) is 0 Å². The number of hydrogen-bond donors (Lipinski definition) is 1. The molecular formula is C13H16F6N4. The molecule has 2 heterocycles. The molecule has 10 heteroatoms. The first-order chi connectivity index (χ1) is 10.6. The molecule has 23 heavy (non-hydrogen) atoms. The minimum Gasteiger partial charge on any atom is -0.339 e. The van der Waals surface area contributed by atoms with Crippen molar-refractivity contribution in [2.45, 2.75) is 46.0 Å². The number of aromatic amines is 1. The van der Waals surface area contributed by atoms with Gasteiger partial charge in [-0.1, -0.05) is 20.8 Å². The van der Waals surface area contributed by atoms with E-state index in [0.29, 0.717) is 12.2 Å². The fourth-order valence-corrected chi connectivity index (χ4v) is 1.86. The summed E-state index contributed by atoms with van der Waals surface area (Å²) in [6.45, 7) is 5.74. The molecule has 0 bridgehead atoms. The predicted octanol–water partition coefficient (Wildman–Crippen LogP) is 4.22. The maximum absolute atomic E-state index is 12.6. The Bertz CT molecular complexity index is 617. The van der Waals surface area contributed by atoms with Gasteiger partial charge in [-0.25, -0.2) is 15.0 Å². The number of rotatable bonds is 3. The van der Waals surface area contributed by atoms with Crippen LogP contribution in [0.2, 0.25) is 0 Å². The number of H-pyrrole nitrogens is 1. The first-order valence-electron chi connectivity index (χ1n) is 6.94. The molecule has 0 aliphatic rings. The molecule has 0 unspecified atom stereocenters. The maximum Gasteiger partial charge on any atom is 0.400 e. The van der Waals surface area contributed by atoms with E-state index in [0.717, 1.165) is 6.33 Å². The third-order valence-electron chi connectivity index (χ3n) is 2.94. The summed E-state index contributed by atoms with van der Waals surface area (Å²) in [4.78, 5) is 13.9. The molecule has 0 saturated carbocycles. The maximum atomic E-state index is 12.6. The van der Waals surface area contributed by atoms with Crippen LogP contribution in [0.25, 0.3) is 11.2 Å². The summed E-state index contributed by atoms with van der Waals surface area (Å²) in [5.41, 5.74) is -0.292. The second-order valence-corrected chi connectivity index (χ2v) is 4.40. The number of fused-ring (bicyclic) bond motifs is 1. The number of nitrogens with zero attached hydrogens (tertiary/aromatic N) is 3. The lowest BCUT2D eigenvalue weighted by atomic mass is 10.0. The summed E-state index contributed by atoms with van der Waals surface area (Å²) in [5.74, 6) is -3.06. The molecule has 0 aliphatic carbocycles. The van der Waals surface area contributed by atoms with E-state index in [9.17, 15) is 26.3 Å². The number of hydrogen-bond acceptors (Lipinski definition) is 3. The minimum absolute atomic E-state index is 0.00727. The van der Waals surface area contributed by atoms with E-state index in [2.05, 4.69) is 19.9 Å². The number of imidazole rings is 1. The molecule has 0 radical (unpaired) electrons. The quantitative estimate of drug-likeness (QED) is 0.850. The highest BCUT2D eigenvalue weighted by atomic mass is 19.4. The van der Waals surface area contributed by atoms with E-state index in [1.807, 2.05) is 13.8 Å². The average Bonchev–Trinajstić information content (AvgIpc) is 2.88. The number of aryl methyl sites for hydroxylation is 1. The molecule has 2 aromatic heterocycles. The molecule has 0 saturated heterocycles. The van der Waals surface area contributed by atoms with E-state index in [1.165, 1.54) is 0 Å². The van der Waals surface area contributed by atoms with Crippen LogP contribution in [0.3, 0.4) is 0 Å². The molecule has 2 aromatic rings. The van der Waals surface area contributed by atoms with Crippen LogP contribution in [-0.2, 0) is 12.8 Å². The Kier molecular flexibility index (Phi) is 5.95. The average molecular weight is 342 g/mol. The molecule has 1 N–H and O–H groups in total. The van der Waals surface area contributed by atoms with Gasteiger partial charge in [0, 0.05) is 12.8 Å². The highest BCUT2D eigenvalue weighted by Crippen LogP contribution is 2.41. The van der Waals surface area contributed by atoms with Crippen LogP contribution < -0.4 is 0 Å². The lowest BCUT2D eigenvalue weighted by molar-refractivity contribution is -0.283. The summed E-state index contributed by atoms with van der Waals surface area (Å²) in [5, 5.41) is 0. The number of nitrogens with one attached hydrogen (secondary N) is 1. The van der Waals surface area contributed by atoms with Crippen molar-refractivity contribution >= 4 is 11.2 Å². The summed E-state index contributed by atoms with van der Waals surface area (Å²) < 4.78 is 75.5. The van der Waals surface area contributed by atoms with Crippen LogP contribution in [0.15, 0.2) is 6.33 Å². The van der Waals surface area contributed by atoms with Crippen molar-refractivity contribution < 1.29 is 26.3 Å². The van der Waals surface area contributed by atoms with E-state index >= 15 is 0 Å². The molecule has 0 atom stereocenters. The monoisotopic (exact) mass is 342 g/mol. The van der Waals surface area contributed by atoms with Crippen molar-refractivity contribution in [1.82, 2.24) is 19.9 Å². The van der Waals surface area contributed by atoms with Crippen molar-refractivity contribution in [3.05, 3.63) is 17.8 Å². The lowest BCUT2D eigenvalue weighted by Crippen LogP contribution is -2.38. The second-order valence-electron chi connectivity index (χ2n) is 4.40. The van der Waals surface area contributed by atoms with Crippen LogP contribution in [-0.4, -0.2) is 32.3 Å². The van der Waals surface area contributed by atoms with Gasteiger partial charge in [0.25, 0.3) is 0 Å². The topological polar surface area (TPSA) is 54.5 Å². The van der Waals surface area contributed by atoms with Gasteiger partial charge in [-0.05, 0) is 0 Å². The fourth-order valence-electron chi connectivity index (χ4n) is 1.86. The van der Waals surface area contributed by atoms with E-state index in [4.69, 9.17) is 0 Å². The van der Waals surface area contributed by atoms with E-state index in [1.54, 1.807) is 6.92 Å². The van der Waals surface area contributed by atoms with Crippen LogP contribution in [0.1, 0.15) is 32.3 Å². The molecular weight excluding hydrogens is 326 g/mol. The summed E-state index contributed by atoms with van der Waals surface area (Å²) in [6.07, 6.45) is -10.8. The van der Waals surface area contributed by atoms with Gasteiger partial charge in [-0.3, -0.25) is 0 Å². The van der Waals surface area contributed by atoms with Gasteiger partial charge in [0.05, 0.1) is 5.69 Å². The smallest absolute Gasteiger partial charge is 0.339 e. The molecule has 130 valence electrons. The predicted molar refractivity (Wildman–Crippen MR) is 71.7 cm³/mol. The highest BCUT2D eigenvalue weighted by molar-refractivity contribution is 5.72. The molecule has 0 aliphatic heterocycles. The number of aromatic nitrogens is 4. The van der Waals surface area contributed by atoms with Crippen LogP contribution >= 0.6 is 0 Å². The Morgan fingerprint density at radius 3 is 2.09 bits per heavy atom. The number of halogens is 6. The Hall–Kier alpha value is -1.87. The first kappa shape index (κ1) is 19.2. The zero-order valence-electron chi connectivity index (χ0n) is 12.7. The third-order valence-corrected chi connectivity index (χ3v) is 2.94. The zero-order valence-corrected chi connectivity index (χ0v) is 12.7. The molecule has 4 nitrogen and oxygen atoms in total. The summed E-state index contributed by atoms with van der Waals surface area (Å²) in [6, 6.07) is 0. The molecule has 0 spiro atoms. The summed E-state index contributed by atoms with van der Waals surface area (Å²) in [7, 11) is 0. The fraction of sp³-hybridized carbons (Fsp3) is 0.615. The van der Waals surface area contributed by atoms with Crippen molar-refractivity contribution in [2.24, 2.45) is 5.92 Å². The largest absolute Gasteiger partial charge is 0.400 e. The normalized spacial score (nSPS) is 12.4. The van der Waals surface area contributed by atoms with Crippen molar-refractivity contribution in [3.8, 4) is 0 Å². The Morgan fingerprint density at radius 2 is 1.61 bits per heavy atom. The Balaban J connectivity index is 0.00000127. The lowest BCUT2D eigenvalue weighted by Gasteiger charge is -2.22. The first-order valence-corrected chi connectivity index (χ1v) is 6.94. The van der Waals surface area contributed by atoms with Crippen molar-refractivity contribution in [2.75, 3.05) is 0 Å². The Labute approximate surface area is 128 Å². The van der Waals surface area contributed by atoms with Crippen molar-refractivity contribution in [1.29, 1.82) is 0 Å². The molecule has 0 fully saturated rings. The minimum atomic E-state index is -5.40. The number of alkyl halides is 6. The summed E-state index contributed by atoms with van der Waals surface area (Å²) >= 11 is 0. The molecule has 2 rings (SSSR count). The van der Waals surface area contributed by atoms with Gasteiger partial charge < -0.3 is 4.98 Å². The van der Waals surface area contributed by atoms with Crippen LogP contribution in [0.4, 0.5) is 26.3 Å². The van der Waals surface area contributed by atoms with Gasteiger partial charge in [0.2, 0.25) is 0 Å². The molecule has 0 amide bonds. The van der Waals surface area contributed by atoms with Gasteiger partial charge in [0.1, 0.15) is 17.7 Å². The SMILES string of the molecule is CC.CCc1nc2ncnc(CC(C(F)(F)F)C(F)(F)F)c2[nH]1. The van der Waals surface area contributed by atoms with Gasteiger partial charge in [0.15, 0.2) is 11.6 Å². The highest BCUT2D eigenvalue weighted by Gasteiger charge is 2.56. The third kappa shape index (κ3) is 4.55. The van der Waals surface area contributed by atoms with Crippen molar-refractivity contribution in [3.63, 3.8) is 0 Å². The van der Waals surface area contributed by atoms with Gasteiger partial charge in [-0.2, -0.15) is 26.3 Å². The Morgan fingerprint density at radius 1 is 1.04 bits per heavy atom. The second kappa shape index (κ2) is 7.14. The molecule has 0 aromatic carbocycles. The standard InChI is InChI=1S/C11H10F6N4.C2H6/c1-2-7-20-8-5(18-4-19-9(8)21-7)3-6(10(12,13)14)11(15,16)17;1-2/h4,6H,2-3H2,1H3,(H,18,19,20,21);1-2H3. The van der Waals surface area contributed by atoms with Gasteiger partial charge in [-0.15, -0.1) is 0 Å².